The predicted octanol–water partition coefficient (Wildman–Crippen LogP) is 3.90. The molecular weight excluding hydrogens is 206 g/mol. The summed E-state index contributed by atoms with van der Waals surface area (Å²) in [5.74, 6) is 3.05. The van der Waals surface area contributed by atoms with Crippen LogP contribution >= 0.6 is 0 Å². The van der Waals surface area contributed by atoms with Crippen molar-refractivity contribution in [3.63, 3.8) is 0 Å². The second-order valence-electron chi connectivity index (χ2n) is 6.40. The van der Waals surface area contributed by atoms with Crippen molar-refractivity contribution in [3.05, 3.63) is 11.6 Å². The number of hydrogen-bond donors (Lipinski definition) is 1. The van der Waals surface area contributed by atoms with Crippen LogP contribution in [0.3, 0.4) is 0 Å². The molecule has 96 valence electrons. The molecule has 17 heavy (non-hydrogen) atoms. The summed E-state index contributed by atoms with van der Waals surface area (Å²) in [6.45, 7) is 0. The van der Waals surface area contributed by atoms with Gasteiger partial charge in [0.05, 0.1) is 0 Å². The molecule has 2 fully saturated rings. The zero-order chi connectivity index (χ0) is 11.7. The highest BCUT2D eigenvalue weighted by Crippen LogP contribution is 2.47. The summed E-state index contributed by atoms with van der Waals surface area (Å²) >= 11 is 0. The van der Waals surface area contributed by atoms with Crippen LogP contribution in [0.1, 0.15) is 57.8 Å². The molecule has 1 N–H and O–H groups in total. The van der Waals surface area contributed by atoms with E-state index < -0.39 is 0 Å². The van der Waals surface area contributed by atoms with Gasteiger partial charge in [0.1, 0.15) is 0 Å². The third kappa shape index (κ3) is 2.19. The normalized spacial score (nSPS) is 27.8. The third-order valence-corrected chi connectivity index (χ3v) is 5.56. The Hall–Kier alpha value is -0.300. The molecule has 0 radical (unpaired) electrons. The fraction of sp³-hybridized carbons (Fsp3) is 0.875. The van der Waals surface area contributed by atoms with E-state index in [0.29, 0.717) is 6.04 Å². The fourth-order valence-electron chi connectivity index (χ4n) is 4.18. The maximum Gasteiger partial charge on any atom is 0.0310 e. The molecule has 1 nitrogen and oxygen atoms in total. The van der Waals surface area contributed by atoms with Crippen molar-refractivity contribution in [2.45, 2.75) is 63.8 Å². The Morgan fingerprint density at radius 1 is 1.06 bits per heavy atom. The molecule has 0 spiro atoms. The summed E-state index contributed by atoms with van der Waals surface area (Å²) < 4.78 is 0. The first-order valence-electron chi connectivity index (χ1n) is 7.76. The fourth-order valence-corrected chi connectivity index (χ4v) is 4.18. The minimum Gasteiger partial charge on any atom is -0.313 e. The number of hydrogen-bond acceptors (Lipinski definition) is 1. The molecule has 0 saturated heterocycles. The molecule has 0 bridgehead atoms. The first-order chi connectivity index (χ1) is 8.40. The summed E-state index contributed by atoms with van der Waals surface area (Å²) in [4.78, 5) is 0. The van der Waals surface area contributed by atoms with Crippen molar-refractivity contribution in [2.75, 3.05) is 7.05 Å². The van der Waals surface area contributed by atoms with Gasteiger partial charge in [0, 0.05) is 6.04 Å². The minimum absolute atomic E-state index is 0.716. The van der Waals surface area contributed by atoms with Gasteiger partial charge < -0.3 is 5.32 Å². The average Bonchev–Trinajstić information content (AvgIpc) is 2.66. The Bertz CT molecular complexity index is 272. The number of likely N-dealkylation sites (N-methyl/N-ethyl adjacent to an activating group) is 1. The van der Waals surface area contributed by atoms with Crippen LogP contribution in [0.2, 0.25) is 0 Å². The zero-order valence-corrected chi connectivity index (χ0v) is 11.3. The van der Waals surface area contributed by atoms with E-state index in [2.05, 4.69) is 18.4 Å². The van der Waals surface area contributed by atoms with Gasteiger partial charge in [-0.05, 0) is 44.1 Å². The topological polar surface area (TPSA) is 12.0 Å². The maximum absolute atomic E-state index is 3.67. The molecule has 1 heteroatoms. The quantitative estimate of drug-likeness (QED) is 0.710. The lowest BCUT2D eigenvalue weighted by molar-refractivity contribution is 0.0715. The minimum atomic E-state index is 0.716. The number of nitrogens with one attached hydrogen (secondary N) is 1. The highest BCUT2D eigenvalue weighted by atomic mass is 14.9. The van der Waals surface area contributed by atoms with Gasteiger partial charge >= 0.3 is 0 Å². The Labute approximate surface area is 106 Å². The molecule has 3 rings (SSSR count). The Balaban J connectivity index is 1.74. The monoisotopic (exact) mass is 233 g/mol. The third-order valence-electron chi connectivity index (χ3n) is 5.56. The van der Waals surface area contributed by atoms with E-state index in [1.165, 1.54) is 57.8 Å². The van der Waals surface area contributed by atoms with Gasteiger partial charge in [0.15, 0.2) is 0 Å². The van der Waals surface area contributed by atoms with E-state index in [1.54, 1.807) is 5.57 Å². The van der Waals surface area contributed by atoms with E-state index >= 15 is 0 Å². The zero-order valence-electron chi connectivity index (χ0n) is 11.3. The smallest absolute Gasteiger partial charge is 0.0310 e. The predicted molar refractivity (Wildman–Crippen MR) is 73.0 cm³/mol. The molecule has 1 unspecified atom stereocenters. The second-order valence-corrected chi connectivity index (χ2v) is 6.40. The molecule has 0 amide bonds. The van der Waals surface area contributed by atoms with Crippen LogP contribution in [0.5, 0.6) is 0 Å². The van der Waals surface area contributed by atoms with Crippen LogP contribution in [0.15, 0.2) is 11.6 Å². The van der Waals surface area contributed by atoms with Crippen LogP contribution in [0.25, 0.3) is 0 Å². The standard InChI is InChI=1S/C16H27N/c1-17-16(14-6-2-3-7-14)15(12-8-4-9-12)13-10-5-11-13/h6,12-13,15-17H,2-5,7-11H2,1H3. The molecule has 3 aliphatic carbocycles. The molecule has 0 aromatic carbocycles. The Kier molecular flexibility index (Phi) is 3.56. The lowest BCUT2D eigenvalue weighted by atomic mass is 9.61. The molecule has 2 saturated carbocycles. The van der Waals surface area contributed by atoms with Crippen molar-refractivity contribution in [1.29, 1.82) is 0 Å². The van der Waals surface area contributed by atoms with Crippen LogP contribution in [-0.2, 0) is 0 Å². The lowest BCUT2D eigenvalue weighted by Gasteiger charge is -2.47. The summed E-state index contributed by atoms with van der Waals surface area (Å²) in [5, 5.41) is 3.67. The molecule has 0 aliphatic heterocycles. The van der Waals surface area contributed by atoms with Gasteiger partial charge in [0.25, 0.3) is 0 Å². The van der Waals surface area contributed by atoms with E-state index in [-0.39, 0.29) is 0 Å². The SMILES string of the molecule is CNC(C1=CCCC1)C(C1CCC1)C1CCC1. The van der Waals surface area contributed by atoms with Crippen molar-refractivity contribution in [1.82, 2.24) is 5.32 Å². The van der Waals surface area contributed by atoms with E-state index in [4.69, 9.17) is 0 Å². The van der Waals surface area contributed by atoms with Crippen molar-refractivity contribution >= 4 is 0 Å². The highest BCUT2D eigenvalue weighted by Gasteiger charge is 2.41. The first kappa shape index (κ1) is 11.8. The Morgan fingerprint density at radius 2 is 1.71 bits per heavy atom. The maximum atomic E-state index is 3.67. The summed E-state index contributed by atoms with van der Waals surface area (Å²) in [6, 6.07) is 0.716. The van der Waals surface area contributed by atoms with E-state index in [1.807, 2.05) is 0 Å². The van der Waals surface area contributed by atoms with Crippen LogP contribution < -0.4 is 5.32 Å². The molecule has 0 heterocycles. The van der Waals surface area contributed by atoms with E-state index in [9.17, 15) is 0 Å². The van der Waals surface area contributed by atoms with Crippen LogP contribution in [-0.4, -0.2) is 13.1 Å². The van der Waals surface area contributed by atoms with Crippen LogP contribution in [0.4, 0.5) is 0 Å². The Morgan fingerprint density at radius 3 is 2.06 bits per heavy atom. The molecular formula is C16H27N. The lowest BCUT2D eigenvalue weighted by Crippen LogP contribution is -2.46. The van der Waals surface area contributed by atoms with E-state index in [0.717, 1.165) is 17.8 Å². The van der Waals surface area contributed by atoms with Gasteiger partial charge in [0.2, 0.25) is 0 Å². The average molecular weight is 233 g/mol. The molecule has 1 atom stereocenters. The molecule has 0 aromatic heterocycles. The largest absolute Gasteiger partial charge is 0.313 e. The van der Waals surface area contributed by atoms with Crippen molar-refractivity contribution in [2.24, 2.45) is 17.8 Å². The summed E-state index contributed by atoms with van der Waals surface area (Å²) in [7, 11) is 2.19. The second kappa shape index (κ2) is 5.14. The number of allylic oxidation sites excluding steroid dienone is 1. The van der Waals surface area contributed by atoms with Crippen molar-refractivity contribution in [3.8, 4) is 0 Å². The summed E-state index contributed by atoms with van der Waals surface area (Å²) in [5.41, 5.74) is 1.75. The van der Waals surface area contributed by atoms with Crippen molar-refractivity contribution < 1.29 is 0 Å². The van der Waals surface area contributed by atoms with Gasteiger partial charge in [-0.25, -0.2) is 0 Å². The number of rotatable bonds is 5. The summed E-state index contributed by atoms with van der Waals surface area (Å²) in [6.07, 6.45) is 15.6. The van der Waals surface area contributed by atoms with Gasteiger partial charge in [-0.1, -0.05) is 50.2 Å². The molecule has 3 aliphatic rings. The highest BCUT2D eigenvalue weighted by molar-refractivity contribution is 5.18. The van der Waals surface area contributed by atoms with Gasteiger partial charge in [-0.2, -0.15) is 0 Å². The van der Waals surface area contributed by atoms with Crippen LogP contribution in [0, 0.1) is 17.8 Å². The molecule has 0 aromatic rings. The van der Waals surface area contributed by atoms with Gasteiger partial charge in [-0.15, -0.1) is 0 Å². The van der Waals surface area contributed by atoms with Gasteiger partial charge in [-0.3, -0.25) is 0 Å². The first-order valence-corrected chi connectivity index (χ1v) is 7.76.